The lowest BCUT2D eigenvalue weighted by Gasteiger charge is -2.55. The molecule has 27 heavy (non-hydrogen) atoms. The summed E-state index contributed by atoms with van der Waals surface area (Å²) in [4.78, 5) is 19.9. The van der Waals surface area contributed by atoms with Gasteiger partial charge in [-0.1, -0.05) is 11.6 Å². The molecule has 6 aliphatic rings. The van der Waals surface area contributed by atoms with Gasteiger partial charge in [-0.3, -0.25) is 14.7 Å². The molecule has 140 valence electrons. The van der Waals surface area contributed by atoms with Crippen LogP contribution in [0.2, 0.25) is 0 Å². The quantitative estimate of drug-likeness (QED) is 0.598. The van der Waals surface area contributed by atoms with Gasteiger partial charge in [0.15, 0.2) is 0 Å². The zero-order chi connectivity index (χ0) is 18.5. The predicted molar refractivity (Wildman–Crippen MR) is 102 cm³/mol. The van der Waals surface area contributed by atoms with Crippen LogP contribution in [0.4, 0.5) is 5.69 Å². The zero-order valence-electron chi connectivity index (χ0n) is 15.9. The molecule has 5 heteroatoms. The van der Waals surface area contributed by atoms with E-state index in [4.69, 9.17) is 14.5 Å². The van der Waals surface area contributed by atoms with Gasteiger partial charge in [0, 0.05) is 25.4 Å². The molecule has 0 N–H and O–H groups in total. The van der Waals surface area contributed by atoms with Crippen LogP contribution in [-0.4, -0.2) is 48.4 Å². The van der Waals surface area contributed by atoms with Gasteiger partial charge in [0.1, 0.15) is 11.9 Å². The van der Waals surface area contributed by atoms with Crippen LogP contribution in [0, 0.1) is 11.8 Å². The molecule has 1 aromatic rings. The molecule has 5 heterocycles. The van der Waals surface area contributed by atoms with E-state index in [-0.39, 0.29) is 17.5 Å². The van der Waals surface area contributed by atoms with E-state index in [1.807, 2.05) is 6.07 Å². The molecule has 0 amide bonds. The fraction of sp³-hybridized carbons (Fsp3) is 0.545. The molecule has 7 atom stereocenters. The van der Waals surface area contributed by atoms with Crippen molar-refractivity contribution in [1.29, 1.82) is 0 Å². The highest BCUT2D eigenvalue weighted by Gasteiger charge is 2.73. The predicted octanol–water partition coefficient (Wildman–Crippen LogP) is 3.00. The summed E-state index contributed by atoms with van der Waals surface area (Å²) in [6.07, 6.45) is 4.24. The molecule has 5 aliphatic heterocycles. The average Bonchev–Trinajstić information content (AvgIpc) is 3.14. The third kappa shape index (κ3) is 1.70. The Labute approximate surface area is 159 Å². The van der Waals surface area contributed by atoms with Crippen molar-refractivity contribution in [2.45, 2.75) is 50.3 Å². The molecule has 4 saturated heterocycles. The molecular formula is C22H24N2O3. The molecule has 1 aliphatic carbocycles. The Morgan fingerprint density at radius 3 is 3.00 bits per heavy atom. The molecule has 1 spiro atoms. The van der Waals surface area contributed by atoms with Crippen molar-refractivity contribution in [3.8, 4) is 5.75 Å². The zero-order valence-corrected chi connectivity index (χ0v) is 15.9. The first-order valence-electron chi connectivity index (χ1n) is 9.94. The van der Waals surface area contributed by atoms with Crippen molar-refractivity contribution in [1.82, 2.24) is 4.90 Å². The third-order valence-corrected chi connectivity index (χ3v) is 7.78. The highest BCUT2D eigenvalue weighted by atomic mass is 16.5. The van der Waals surface area contributed by atoms with E-state index in [2.05, 4.69) is 30.0 Å². The van der Waals surface area contributed by atoms with Crippen molar-refractivity contribution >= 4 is 17.4 Å². The summed E-state index contributed by atoms with van der Waals surface area (Å²) in [6, 6.07) is 7.01. The number of carbonyl (C=O) groups excluding carboxylic acids is 1. The van der Waals surface area contributed by atoms with Crippen molar-refractivity contribution in [3.05, 3.63) is 35.4 Å². The van der Waals surface area contributed by atoms with E-state index in [0.717, 1.165) is 30.8 Å². The second-order valence-electron chi connectivity index (χ2n) is 8.62. The number of carbonyl (C=O) groups is 1. The minimum Gasteiger partial charge on any atom is -0.497 e. The summed E-state index contributed by atoms with van der Waals surface area (Å²) in [5.41, 5.74) is 4.69. The van der Waals surface area contributed by atoms with Crippen LogP contribution in [-0.2, 0) is 14.9 Å². The largest absolute Gasteiger partial charge is 0.497 e. The first-order valence-corrected chi connectivity index (χ1v) is 9.94. The summed E-state index contributed by atoms with van der Waals surface area (Å²) >= 11 is 0. The van der Waals surface area contributed by atoms with Gasteiger partial charge in [-0.2, -0.15) is 0 Å². The lowest BCUT2D eigenvalue weighted by molar-refractivity contribution is -0.152. The number of benzene rings is 1. The normalized spacial score (nSPS) is 43.5. The maximum absolute atomic E-state index is 12.1. The van der Waals surface area contributed by atoms with Crippen LogP contribution in [0.15, 0.2) is 34.8 Å². The van der Waals surface area contributed by atoms with Crippen molar-refractivity contribution in [3.63, 3.8) is 0 Å². The van der Waals surface area contributed by atoms with E-state index in [1.165, 1.54) is 16.8 Å². The van der Waals surface area contributed by atoms with Crippen LogP contribution in [0.25, 0.3) is 0 Å². The molecule has 5 bridgehead atoms. The lowest BCUT2D eigenvalue weighted by Crippen LogP contribution is -2.64. The minimum atomic E-state index is -0.274. The number of methoxy groups -OCH3 is 1. The van der Waals surface area contributed by atoms with Gasteiger partial charge in [-0.15, -0.1) is 0 Å². The van der Waals surface area contributed by atoms with E-state index >= 15 is 0 Å². The fourth-order valence-electron chi connectivity index (χ4n) is 6.93. The summed E-state index contributed by atoms with van der Waals surface area (Å²) in [7, 11) is 1.70. The maximum atomic E-state index is 12.1. The average molecular weight is 364 g/mol. The summed E-state index contributed by atoms with van der Waals surface area (Å²) in [5, 5.41) is 0. The van der Waals surface area contributed by atoms with Crippen LogP contribution >= 0.6 is 0 Å². The number of fused-ring (bicyclic) bond motifs is 2. The second kappa shape index (κ2) is 5.02. The molecule has 7 rings (SSSR count). The van der Waals surface area contributed by atoms with Gasteiger partial charge >= 0.3 is 5.97 Å². The standard InChI is InChI=1S/C22H24N2O3/c1-4-12-10-24-17-8-14(12)19-18(24)9-22(21(19)27-11(2)25)15-7-13(26-3)5-6-16(15)23-20(17)22/h4-7,14,17-19,21H,8-10H2,1-3H3. The first kappa shape index (κ1) is 15.9. The van der Waals surface area contributed by atoms with Gasteiger partial charge < -0.3 is 9.47 Å². The molecule has 0 aromatic heterocycles. The number of ether oxygens (including phenoxy) is 2. The highest BCUT2D eigenvalue weighted by Crippen LogP contribution is 2.66. The highest BCUT2D eigenvalue weighted by molar-refractivity contribution is 6.08. The van der Waals surface area contributed by atoms with E-state index in [9.17, 15) is 4.79 Å². The number of esters is 1. The Balaban J connectivity index is 1.60. The van der Waals surface area contributed by atoms with Crippen LogP contribution in [0.5, 0.6) is 5.75 Å². The summed E-state index contributed by atoms with van der Waals surface area (Å²) in [5.74, 6) is 1.52. The fourth-order valence-corrected chi connectivity index (χ4v) is 6.93. The van der Waals surface area contributed by atoms with Crippen molar-refractivity contribution < 1.29 is 14.3 Å². The molecule has 0 radical (unpaired) electrons. The topological polar surface area (TPSA) is 51.1 Å². The SMILES string of the molecule is CC=C1CN2C3CC1C1C2CC2(C3=Nc3ccc(OC)cc32)C1OC(C)=O. The summed E-state index contributed by atoms with van der Waals surface area (Å²) < 4.78 is 11.6. The Hall–Kier alpha value is -2.14. The monoisotopic (exact) mass is 364 g/mol. The Morgan fingerprint density at radius 2 is 2.26 bits per heavy atom. The van der Waals surface area contributed by atoms with Crippen LogP contribution in [0.1, 0.15) is 32.3 Å². The van der Waals surface area contributed by atoms with Gasteiger partial charge in [-0.25, -0.2) is 0 Å². The Kier molecular flexibility index (Phi) is 2.95. The van der Waals surface area contributed by atoms with Gasteiger partial charge in [0.05, 0.1) is 30.0 Å². The molecule has 5 nitrogen and oxygen atoms in total. The first-order chi connectivity index (χ1) is 13.1. The molecule has 1 saturated carbocycles. The summed E-state index contributed by atoms with van der Waals surface area (Å²) in [6.45, 7) is 4.72. The minimum absolute atomic E-state index is 0.137. The lowest BCUT2D eigenvalue weighted by atomic mass is 9.66. The number of nitrogens with zero attached hydrogens (tertiary/aromatic N) is 2. The molecule has 7 unspecified atom stereocenters. The number of hydrogen-bond acceptors (Lipinski definition) is 5. The van der Waals surface area contributed by atoms with Crippen molar-refractivity contribution in [2.24, 2.45) is 16.8 Å². The maximum Gasteiger partial charge on any atom is 0.302 e. The van der Waals surface area contributed by atoms with Crippen LogP contribution in [0.3, 0.4) is 0 Å². The smallest absolute Gasteiger partial charge is 0.302 e. The van der Waals surface area contributed by atoms with Crippen LogP contribution < -0.4 is 4.74 Å². The third-order valence-electron chi connectivity index (χ3n) is 7.78. The Morgan fingerprint density at radius 1 is 1.41 bits per heavy atom. The van der Waals surface area contributed by atoms with Crippen molar-refractivity contribution in [2.75, 3.05) is 13.7 Å². The number of allylic oxidation sites excluding steroid dienone is 1. The number of aliphatic imine (C=N–C) groups is 1. The molecular weight excluding hydrogens is 340 g/mol. The number of rotatable bonds is 2. The number of hydrogen-bond donors (Lipinski definition) is 0. The second-order valence-corrected chi connectivity index (χ2v) is 8.62. The molecule has 5 fully saturated rings. The van der Waals surface area contributed by atoms with Gasteiger partial charge in [-0.05, 0) is 49.4 Å². The number of piperidine rings is 4. The van der Waals surface area contributed by atoms with E-state index in [0.29, 0.717) is 23.9 Å². The van der Waals surface area contributed by atoms with E-state index in [1.54, 1.807) is 14.0 Å². The Bertz CT molecular complexity index is 935. The molecule has 1 aromatic carbocycles. The van der Waals surface area contributed by atoms with Gasteiger partial charge in [0.2, 0.25) is 0 Å². The van der Waals surface area contributed by atoms with Gasteiger partial charge in [0.25, 0.3) is 0 Å². The van der Waals surface area contributed by atoms with E-state index < -0.39 is 0 Å².